The van der Waals surface area contributed by atoms with Crippen LogP contribution in [0.15, 0.2) is 23.2 Å². The van der Waals surface area contributed by atoms with E-state index in [0.29, 0.717) is 17.8 Å². The minimum Gasteiger partial charge on any atom is -0.367 e. The van der Waals surface area contributed by atoms with Gasteiger partial charge in [0.2, 0.25) is 5.91 Å². The lowest BCUT2D eigenvalue weighted by Gasteiger charge is -2.39. The summed E-state index contributed by atoms with van der Waals surface area (Å²) in [5.41, 5.74) is 0. The van der Waals surface area contributed by atoms with Crippen molar-refractivity contribution in [2.45, 2.75) is 56.5 Å². The van der Waals surface area contributed by atoms with Crippen LogP contribution >= 0.6 is 0 Å². The number of hydrogen-bond acceptors (Lipinski definition) is 6. The van der Waals surface area contributed by atoms with Crippen molar-refractivity contribution in [3.05, 3.63) is 18.3 Å². The summed E-state index contributed by atoms with van der Waals surface area (Å²) < 4.78 is 23.0. The first kappa shape index (κ1) is 21.0. The van der Waals surface area contributed by atoms with Crippen LogP contribution in [0.1, 0.15) is 39.5 Å². The van der Waals surface area contributed by atoms with Crippen LogP contribution < -0.4 is 5.32 Å². The quantitative estimate of drug-likeness (QED) is 0.803. The van der Waals surface area contributed by atoms with Crippen molar-refractivity contribution in [3.63, 3.8) is 0 Å². The Morgan fingerprint density at radius 3 is 2.25 bits per heavy atom. The Morgan fingerprint density at radius 1 is 1.11 bits per heavy atom. The molecular weight excluding hydrogens is 376 g/mol. The molecule has 0 atom stereocenters. The maximum absolute atomic E-state index is 12.8. The lowest BCUT2D eigenvalue weighted by molar-refractivity contribution is -0.138. The first-order chi connectivity index (χ1) is 13.2. The van der Waals surface area contributed by atoms with Crippen molar-refractivity contribution in [3.8, 4) is 0 Å². The number of pyridine rings is 1. The van der Waals surface area contributed by atoms with E-state index in [0.717, 1.165) is 51.9 Å². The van der Waals surface area contributed by atoms with Crippen LogP contribution in [0, 0.1) is 5.92 Å². The van der Waals surface area contributed by atoms with Gasteiger partial charge in [0.1, 0.15) is 5.82 Å². The van der Waals surface area contributed by atoms with Crippen LogP contribution in [-0.4, -0.2) is 73.6 Å². The second-order valence-corrected chi connectivity index (χ2v) is 10.3. The van der Waals surface area contributed by atoms with Crippen LogP contribution in [-0.2, 0) is 14.6 Å². The second-order valence-electron chi connectivity index (χ2n) is 8.30. The maximum atomic E-state index is 12.8. The number of hydrogen-bond donors (Lipinski definition) is 1. The van der Waals surface area contributed by atoms with Crippen molar-refractivity contribution in [2.24, 2.45) is 5.92 Å². The SMILES string of the molecule is CC(C)N1CCN(C(=O)C2CCC(Nc3ccc(S(C)(=O)=O)cn3)CC2)CC1. The molecule has 1 saturated carbocycles. The zero-order valence-electron chi connectivity index (χ0n) is 17.1. The molecule has 1 N–H and O–H groups in total. The van der Waals surface area contributed by atoms with E-state index >= 15 is 0 Å². The van der Waals surface area contributed by atoms with Crippen LogP contribution in [0.3, 0.4) is 0 Å². The molecule has 28 heavy (non-hydrogen) atoms. The van der Waals surface area contributed by atoms with E-state index in [-0.39, 0.29) is 16.9 Å². The van der Waals surface area contributed by atoms with E-state index in [4.69, 9.17) is 0 Å². The fourth-order valence-corrected chi connectivity index (χ4v) is 4.66. The zero-order valence-corrected chi connectivity index (χ0v) is 17.9. The Kier molecular flexibility index (Phi) is 6.60. The highest BCUT2D eigenvalue weighted by atomic mass is 32.2. The smallest absolute Gasteiger partial charge is 0.225 e. The third-order valence-corrected chi connectivity index (χ3v) is 7.05. The Balaban J connectivity index is 1.46. The van der Waals surface area contributed by atoms with E-state index in [9.17, 15) is 13.2 Å². The van der Waals surface area contributed by atoms with Crippen LogP contribution in [0.2, 0.25) is 0 Å². The van der Waals surface area contributed by atoms with Gasteiger partial charge in [-0.25, -0.2) is 13.4 Å². The minimum absolute atomic E-state index is 0.129. The average molecular weight is 409 g/mol. The lowest BCUT2D eigenvalue weighted by atomic mass is 9.85. The Bertz CT molecular complexity index is 763. The molecule has 2 aliphatic rings. The molecule has 1 aromatic heterocycles. The number of rotatable bonds is 5. The highest BCUT2D eigenvalue weighted by Gasteiger charge is 2.31. The summed E-state index contributed by atoms with van der Waals surface area (Å²) in [5.74, 6) is 1.13. The Morgan fingerprint density at radius 2 is 1.75 bits per heavy atom. The monoisotopic (exact) mass is 408 g/mol. The molecule has 0 spiro atoms. The molecule has 2 fully saturated rings. The topological polar surface area (TPSA) is 82.6 Å². The van der Waals surface area contributed by atoms with Gasteiger partial charge < -0.3 is 10.2 Å². The van der Waals surface area contributed by atoms with Crippen molar-refractivity contribution in [1.29, 1.82) is 0 Å². The fraction of sp³-hybridized carbons (Fsp3) is 0.700. The number of nitrogens with zero attached hydrogens (tertiary/aromatic N) is 3. The van der Waals surface area contributed by atoms with E-state index in [2.05, 4.69) is 29.0 Å². The van der Waals surface area contributed by atoms with E-state index in [1.54, 1.807) is 12.1 Å². The van der Waals surface area contributed by atoms with E-state index in [1.807, 2.05) is 4.90 Å². The molecule has 3 rings (SSSR count). The van der Waals surface area contributed by atoms with Gasteiger partial charge in [-0.3, -0.25) is 9.69 Å². The van der Waals surface area contributed by atoms with Crippen molar-refractivity contribution in [2.75, 3.05) is 37.8 Å². The van der Waals surface area contributed by atoms with Gasteiger partial charge in [0.15, 0.2) is 9.84 Å². The van der Waals surface area contributed by atoms with E-state index < -0.39 is 9.84 Å². The number of aromatic nitrogens is 1. The van der Waals surface area contributed by atoms with Gasteiger partial charge >= 0.3 is 0 Å². The van der Waals surface area contributed by atoms with Crippen LogP contribution in [0.4, 0.5) is 5.82 Å². The van der Waals surface area contributed by atoms with Gasteiger partial charge in [0.05, 0.1) is 4.90 Å². The number of piperazine rings is 1. The summed E-state index contributed by atoms with van der Waals surface area (Å²) in [6, 6.07) is 4.11. The highest BCUT2D eigenvalue weighted by Crippen LogP contribution is 2.28. The molecule has 7 nitrogen and oxygen atoms in total. The molecule has 1 aliphatic heterocycles. The molecule has 156 valence electrons. The lowest BCUT2D eigenvalue weighted by Crippen LogP contribution is -2.52. The average Bonchev–Trinajstić information content (AvgIpc) is 2.68. The van der Waals surface area contributed by atoms with E-state index in [1.165, 1.54) is 12.5 Å². The summed E-state index contributed by atoms with van der Waals surface area (Å²) in [5, 5.41) is 3.38. The largest absolute Gasteiger partial charge is 0.367 e. The fourth-order valence-electron chi connectivity index (χ4n) is 4.10. The molecular formula is C20H32N4O3S. The summed E-state index contributed by atoms with van der Waals surface area (Å²) in [7, 11) is -3.22. The van der Waals surface area contributed by atoms with Crippen molar-refractivity contribution >= 4 is 21.6 Å². The molecule has 0 aromatic carbocycles. The summed E-state index contributed by atoms with van der Waals surface area (Å²) >= 11 is 0. The second kappa shape index (κ2) is 8.78. The highest BCUT2D eigenvalue weighted by molar-refractivity contribution is 7.90. The number of sulfone groups is 1. The molecule has 2 heterocycles. The first-order valence-corrected chi connectivity index (χ1v) is 12.1. The maximum Gasteiger partial charge on any atom is 0.225 e. The number of amides is 1. The predicted octanol–water partition coefficient (Wildman–Crippen LogP) is 2.01. The molecule has 0 bridgehead atoms. The third-order valence-electron chi connectivity index (χ3n) is 5.95. The van der Waals surface area contributed by atoms with Gasteiger partial charge in [-0.05, 0) is 51.7 Å². The van der Waals surface area contributed by atoms with Gasteiger partial charge in [0.25, 0.3) is 0 Å². The van der Waals surface area contributed by atoms with Crippen molar-refractivity contribution in [1.82, 2.24) is 14.8 Å². The molecule has 0 unspecified atom stereocenters. The minimum atomic E-state index is -3.22. The predicted molar refractivity (Wildman–Crippen MR) is 110 cm³/mol. The van der Waals surface area contributed by atoms with Gasteiger partial charge in [-0.1, -0.05) is 0 Å². The van der Waals surface area contributed by atoms with Crippen molar-refractivity contribution < 1.29 is 13.2 Å². The van der Waals surface area contributed by atoms with Crippen LogP contribution in [0.25, 0.3) is 0 Å². The first-order valence-electron chi connectivity index (χ1n) is 10.2. The molecule has 1 aliphatic carbocycles. The number of nitrogens with one attached hydrogen (secondary N) is 1. The summed E-state index contributed by atoms with van der Waals surface area (Å²) in [6.45, 7) is 8.02. The van der Waals surface area contributed by atoms with Gasteiger partial charge in [-0.15, -0.1) is 0 Å². The Hall–Kier alpha value is -1.67. The summed E-state index contributed by atoms with van der Waals surface area (Å²) in [4.78, 5) is 21.8. The molecule has 1 saturated heterocycles. The molecule has 1 amide bonds. The number of carbonyl (C=O) groups excluding carboxylic acids is 1. The normalized spacial score (nSPS) is 24.4. The standard InChI is InChI=1S/C20H32N4O3S/c1-15(2)23-10-12-24(13-11-23)20(25)16-4-6-17(7-5-16)22-19-9-8-18(14-21-19)28(3,26)27/h8-9,14-17H,4-7,10-13H2,1-3H3,(H,21,22). The summed E-state index contributed by atoms with van der Waals surface area (Å²) in [6.07, 6.45) is 6.21. The zero-order chi connectivity index (χ0) is 20.3. The Labute approximate surface area is 168 Å². The van der Waals surface area contributed by atoms with Gasteiger partial charge in [0, 0.05) is 56.6 Å². The number of anilines is 1. The third kappa shape index (κ3) is 5.23. The number of carbonyl (C=O) groups is 1. The van der Waals surface area contributed by atoms with Gasteiger partial charge in [-0.2, -0.15) is 0 Å². The molecule has 8 heteroatoms. The molecule has 1 aromatic rings. The molecule has 0 radical (unpaired) electrons. The van der Waals surface area contributed by atoms with Crippen LogP contribution in [0.5, 0.6) is 0 Å².